The van der Waals surface area contributed by atoms with Gasteiger partial charge in [0.2, 0.25) is 0 Å². The summed E-state index contributed by atoms with van der Waals surface area (Å²) in [6.45, 7) is 1.78. The predicted octanol–water partition coefficient (Wildman–Crippen LogP) is 2.52. The van der Waals surface area contributed by atoms with Crippen molar-refractivity contribution < 1.29 is 0 Å². The molecule has 16 heavy (non-hydrogen) atoms. The molecule has 0 spiro atoms. The molecular weight excluding hydrogens is 198 g/mol. The van der Waals surface area contributed by atoms with E-state index in [1.807, 2.05) is 24.3 Å². The zero-order chi connectivity index (χ0) is 11.4. The Morgan fingerprint density at radius 3 is 2.62 bits per heavy atom. The molecule has 0 amide bonds. The van der Waals surface area contributed by atoms with E-state index < -0.39 is 0 Å². The molecule has 1 heterocycles. The summed E-state index contributed by atoms with van der Waals surface area (Å²) < 4.78 is 0. The molecule has 0 atom stereocenters. The molecule has 1 fully saturated rings. The van der Waals surface area contributed by atoms with Crippen molar-refractivity contribution in [3.8, 4) is 6.07 Å². The molecule has 0 radical (unpaired) electrons. The van der Waals surface area contributed by atoms with Gasteiger partial charge in [-0.25, -0.2) is 0 Å². The van der Waals surface area contributed by atoms with Crippen LogP contribution in [-0.4, -0.2) is 17.3 Å². The van der Waals surface area contributed by atoms with Crippen molar-refractivity contribution >= 4 is 5.84 Å². The van der Waals surface area contributed by atoms with E-state index in [0.29, 0.717) is 5.56 Å². The van der Waals surface area contributed by atoms with Gasteiger partial charge in [0.05, 0.1) is 17.5 Å². The minimum absolute atomic E-state index is 0.692. The van der Waals surface area contributed by atoms with Gasteiger partial charge in [-0.2, -0.15) is 5.26 Å². The third-order valence-corrected chi connectivity index (χ3v) is 2.93. The summed E-state index contributed by atoms with van der Waals surface area (Å²) in [6.07, 6.45) is 3.22. The Morgan fingerprint density at radius 2 is 2.00 bits per heavy atom. The van der Waals surface area contributed by atoms with Crippen LogP contribution in [0.5, 0.6) is 0 Å². The third-order valence-electron chi connectivity index (χ3n) is 2.93. The first-order chi connectivity index (χ1) is 7.79. The minimum Gasteiger partial charge on any atom is -0.356 e. The van der Waals surface area contributed by atoms with Crippen LogP contribution in [0.4, 0.5) is 0 Å². The fraction of sp³-hybridized carbons (Fsp3) is 0.385. The van der Waals surface area contributed by atoms with E-state index in [0.717, 1.165) is 31.8 Å². The molecule has 1 aliphatic heterocycles. The van der Waals surface area contributed by atoms with Crippen LogP contribution in [0.2, 0.25) is 0 Å². The fourth-order valence-corrected chi connectivity index (χ4v) is 1.97. The van der Waals surface area contributed by atoms with Gasteiger partial charge < -0.3 is 4.90 Å². The monoisotopic (exact) mass is 213 g/mol. The lowest BCUT2D eigenvalue weighted by molar-refractivity contribution is 0.361. The van der Waals surface area contributed by atoms with Gasteiger partial charge in [-0.1, -0.05) is 12.1 Å². The van der Waals surface area contributed by atoms with Gasteiger partial charge in [-0.3, -0.25) is 5.41 Å². The number of amidine groups is 1. The van der Waals surface area contributed by atoms with Crippen molar-refractivity contribution in [2.24, 2.45) is 0 Å². The molecule has 3 heteroatoms. The molecule has 0 bridgehead atoms. The molecule has 0 saturated carbocycles. The highest BCUT2D eigenvalue weighted by Gasteiger charge is 2.14. The summed E-state index contributed by atoms with van der Waals surface area (Å²) in [4.78, 5) is 2.12. The standard InChI is InChI=1S/C13H15N3/c14-9-11-4-6-12(7-5-11)10-16-8-2-1-3-13(16)15/h4-7,15H,1-3,8,10H2. The van der Waals surface area contributed by atoms with E-state index in [9.17, 15) is 0 Å². The first-order valence-corrected chi connectivity index (χ1v) is 5.61. The number of nitrogens with zero attached hydrogens (tertiary/aromatic N) is 2. The van der Waals surface area contributed by atoms with Crippen LogP contribution in [0, 0.1) is 16.7 Å². The fourth-order valence-electron chi connectivity index (χ4n) is 1.97. The first-order valence-electron chi connectivity index (χ1n) is 5.61. The van der Waals surface area contributed by atoms with Crippen molar-refractivity contribution in [1.29, 1.82) is 10.7 Å². The number of nitriles is 1. The molecular formula is C13H15N3. The highest BCUT2D eigenvalue weighted by atomic mass is 15.2. The number of benzene rings is 1. The maximum atomic E-state index is 8.70. The molecule has 0 unspecified atom stereocenters. The molecule has 0 aliphatic carbocycles. The van der Waals surface area contributed by atoms with Gasteiger partial charge in [-0.15, -0.1) is 0 Å². The van der Waals surface area contributed by atoms with Crippen LogP contribution < -0.4 is 0 Å². The lowest BCUT2D eigenvalue weighted by Gasteiger charge is -2.29. The normalized spacial score (nSPS) is 15.9. The van der Waals surface area contributed by atoms with Gasteiger partial charge in [0, 0.05) is 19.5 Å². The Kier molecular flexibility index (Phi) is 3.21. The SMILES string of the molecule is N#Cc1ccc(CN2CCCCC2=N)cc1. The summed E-state index contributed by atoms with van der Waals surface area (Å²) in [5, 5.41) is 16.5. The zero-order valence-electron chi connectivity index (χ0n) is 9.24. The van der Waals surface area contributed by atoms with Gasteiger partial charge in [-0.05, 0) is 30.5 Å². The maximum Gasteiger partial charge on any atom is 0.0991 e. The molecule has 1 aromatic carbocycles. The smallest absolute Gasteiger partial charge is 0.0991 e. The lowest BCUT2D eigenvalue weighted by atomic mass is 10.1. The Morgan fingerprint density at radius 1 is 1.25 bits per heavy atom. The summed E-state index contributed by atoms with van der Waals surface area (Å²) >= 11 is 0. The predicted molar refractivity (Wildman–Crippen MR) is 63.1 cm³/mol. The Hall–Kier alpha value is -1.82. The van der Waals surface area contributed by atoms with E-state index in [-0.39, 0.29) is 0 Å². The third kappa shape index (κ3) is 2.40. The number of nitrogens with one attached hydrogen (secondary N) is 1. The van der Waals surface area contributed by atoms with E-state index in [1.165, 1.54) is 12.0 Å². The van der Waals surface area contributed by atoms with Gasteiger partial charge in [0.25, 0.3) is 0 Å². The van der Waals surface area contributed by atoms with Gasteiger partial charge in [0.15, 0.2) is 0 Å². The molecule has 82 valence electrons. The number of rotatable bonds is 2. The number of piperidine rings is 1. The Bertz CT molecular complexity index is 414. The van der Waals surface area contributed by atoms with Crippen molar-refractivity contribution in [1.82, 2.24) is 4.90 Å². The summed E-state index contributed by atoms with van der Waals surface area (Å²) in [5.74, 6) is 0.746. The number of likely N-dealkylation sites (tertiary alicyclic amines) is 1. The van der Waals surface area contributed by atoms with Crippen molar-refractivity contribution in [3.63, 3.8) is 0 Å². The second-order valence-electron chi connectivity index (χ2n) is 4.13. The summed E-state index contributed by atoms with van der Waals surface area (Å²) in [7, 11) is 0. The molecule has 3 nitrogen and oxygen atoms in total. The Labute approximate surface area is 95.8 Å². The molecule has 1 aliphatic rings. The summed E-state index contributed by atoms with van der Waals surface area (Å²) in [5.41, 5.74) is 1.86. The van der Waals surface area contributed by atoms with E-state index in [4.69, 9.17) is 10.7 Å². The largest absolute Gasteiger partial charge is 0.356 e. The number of hydrogen-bond acceptors (Lipinski definition) is 2. The van der Waals surface area contributed by atoms with Gasteiger partial charge in [0.1, 0.15) is 0 Å². The quantitative estimate of drug-likeness (QED) is 0.820. The van der Waals surface area contributed by atoms with E-state index in [2.05, 4.69) is 11.0 Å². The average Bonchev–Trinajstić information content (AvgIpc) is 2.33. The van der Waals surface area contributed by atoms with Crippen LogP contribution >= 0.6 is 0 Å². The molecule has 1 saturated heterocycles. The van der Waals surface area contributed by atoms with Crippen molar-refractivity contribution in [2.75, 3.05) is 6.54 Å². The van der Waals surface area contributed by atoms with Crippen molar-refractivity contribution in [3.05, 3.63) is 35.4 Å². The topological polar surface area (TPSA) is 50.9 Å². The van der Waals surface area contributed by atoms with Crippen LogP contribution in [0.15, 0.2) is 24.3 Å². The molecule has 1 N–H and O–H groups in total. The van der Waals surface area contributed by atoms with Crippen LogP contribution in [0.1, 0.15) is 30.4 Å². The minimum atomic E-state index is 0.692. The first kappa shape index (κ1) is 10.7. The van der Waals surface area contributed by atoms with E-state index >= 15 is 0 Å². The van der Waals surface area contributed by atoms with Crippen molar-refractivity contribution in [2.45, 2.75) is 25.8 Å². The van der Waals surface area contributed by atoms with Crippen LogP contribution in [0.3, 0.4) is 0 Å². The second-order valence-corrected chi connectivity index (χ2v) is 4.13. The van der Waals surface area contributed by atoms with Crippen LogP contribution in [0.25, 0.3) is 0 Å². The average molecular weight is 213 g/mol. The maximum absolute atomic E-state index is 8.70. The second kappa shape index (κ2) is 4.80. The van der Waals surface area contributed by atoms with Gasteiger partial charge >= 0.3 is 0 Å². The highest BCUT2D eigenvalue weighted by molar-refractivity contribution is 5.79. The van der Waals surface area contributed by atoms with E-state index in [1.54, 1.807) is 0 Å². The lowest BCUT2D eigenvalue weighted by Crippen LogP contribution is -2.34. The number of hydrogen-bond donors (Lipinski definition) is 1. The molecule has 1 aromatic rings. The summed E-state index contributed by atoms with van der Waals surface area (Å²) in [6, 6.07) is 9.73. The molecule has 2 rings (SSSR count). The Balaban J connectivity index is 2.03. The highest BCUT2D eigenvalue weighted by Crippen LogP contribution is 2.14. The molecule has 0 aromatic heterocycles. The van der Waals surface area contributed by atoms with Crippen LogP contribution in [-0.2, 0) is 6.54 Å². The zero-order valence-corrected chi connectivity index (χ0v) is 9.24.